The van der Waals surface area contributed by atoms with Gasteiger partial charge in [0, 0.05) is 13.1 Å². The Labute approximate surface area is 158 Å². The molecule has 8 nitrogen and oxygen atoms in total. The number of rotatable bonds is 8. The Kier molecular flexibility index (Phi) is 8.84. The number of hydrogen-bond donors (Lipinski definition) is 2. The van der Waals surface area contributed by atoms with E-state index in [4.69, 9.17) is 14.2 Å². The van der Waals surface area contributed by atoms with Gasteiger partial charge in [-0.05, 0) is 36.6 Å². The SMILES string of the molecule is CNC(=O)NC(=O)[C@H](C)OC(=O)/C=C/c1ccc(OCC(C)C)c(OC)c1. The molecule has 3 amide bonds. The van der Waals surface area contributed by atoms with E-state index in [1.807, 2.05) is 19.2 Å². The molecule has 148 valence electrons. The van der Waals surface area contributed by atoms with Crippen molar-refractivity contribution in [2.75, 3.05) is 20.8 Å². The Bertz CT molecular complexity index is 699. The van der Waals surface area contributed by atoms with E-state index in [9.17, 15) is 14.4 Å². The standard InChI is InChI=1S/C19H26N2O6/c1-12(2)11-26-15-8-6-14(10-16(15)25-5)7-9-17(22)27-13(3)18(23)21-19(24)20-4/h6-10,12-13H,11H2,1-5H3,(H2,20,21,23,24)/b9-7+/t13-/m0/s1. The number of hydrogen-bond acceptors (Lipinski definition) is 6. The van der Waals surface area contributed by atoms with Crippen LogP contribution in [0.15, 0.2) is 24.3 Å². The molecule has 1 rings (SSSR count). The van der Waals surface area contributed by atoms with Crippen molar-refractivity contribution >= 4 is 24.0 Å². The van der Waals surface area contributed by atoms with Gasteiger partial charge in [-0.3, -0.25) is 10.1 Å². The number of methoxy groups -OCH3 is 1. The van der Waals surface area contributed by atoms with Crippen LogP contribution in [-0.4, -0.2) is 44.8 Å². The van der Waals surface area contributed by atoms with Gasteiger partial charge in [-0.15, -0.1) is 0 Å². The van der Waals surface area contributed by atoms with Crippen molar-refractivity contribution in [1.82, 2.24) is 10.6 Å². The largest absolute Gasteiger partial charge is 0.493 e. The quantitative estimate of drug-likeness (QED) is 0.531. The average molecular weight is 378 g/mol. The third kappa shape index (κ3) is 7.81. The number of nitrogens with one attached hydrogen (secondary N) is 2. The molecule has 0 saturated carbocycles. The van der Waals surface area contributed by atoms with Crippen LogP contribution in [0.2, 0.25) is 0 Å². The molecule has 1 aromatic rings. The smallest absolute Gasteiger partial charge is 0.331 e. The fourth-order valence-corrected chi connectivity index (χ4v) is 1.87. The molecule has 0 aliphatic carbocycles. The lowest BCUT2D eigenvalue weighted by Gasteiger charge is -2.13. The number of carbonyl (C=O) groups excluding carboxylic acids is 3. The summed E-state index contributed by atoms with van der Waals surface area (Å²) in [5.74, 6) is 0.111. The Balaban J connectivity index is 2.68. The monoisotopic (exact) mass is 378 g/mol. The minimum Gasteiger partial charge on any atom is -0.493 e. The Hall–Kier alpha value is -3.03. The number of urea groups is 1. The highest BCUT2D eigenvalue weighted by atomic mass is 16.5. The van der Waals surface area contributed by atoms with Crippen LogP contribution in [0.1, 0.15) is 26.3 Å². The summed E-state index contributed by atoms with van der Waals surface area (Å²) in [5, 5.41) is 4.26. The van der Waals surface area contributed by atoms with Crippen LogP contribution < -0.4 is 20.1 Å². The van der Waals surface area contributed by atoms with E-state index in [-0.39, 0.29) is 0 Å². The molecule has 0 aliphatic rings. The van der Waals surface area contributed by atoms with Crippen molar-refractivity contribution in [1.29, 1.82) is 0 Å². The molecule has 0 fully saturated rings. The fourth-order valence-electron chi connectivity index (χ4n) is 1.87. The molecule has 27 heavy (non-hydrogen) atoms. The van der Waals surface area contributed by atoms with Crippen LogP contribution in [0.4, 0.5) is 4.79 Å². The predicted octanol–water partition coefficient (Wildman–Crippen LogP) is 2.13. The van der Waals surface area contributed by atoms with Gasteiger partial charge in [0.25, 0.3) is 5.91 Å². The summed E-state index contributed by atoms with van der Waals surface area (Å²) >= 11 is 0. The van der Waals surface area contributed by atoms with Crippen LogP contribution in [0, 0.1) is 5.92 Å². The molecule has 0 radical (unpaired) electrons. The van der Waals surface area contributed by atoms with Gasteiger partial charge >= 0.3 is 12.0 Å². The Morgan fingerprint density at radius 3 is 2.44 bits per heavy atom. The normalized spacial score (nSPS) is 11.8. The van der Waals surface area contributed by atoms with Crippen molar-refractivity contribution in [3.8, 4) is 11.5 Å². The minimum absolute atomic E-state index is 0.381. The van der Waals surface area contributed by atoms with E-state index >= 15 is 0 Å². The van der Waals surface area contributed by atoms with E-state index in [1.165, 1.54) is 33.2 Å². The maximum absolute atomic E-state index is 11.8. The summed E-state index contributed by atoms with van der Waals surface area (Å²) in [4.78, 5) is 34.6. The molecule has 1 atom stereocenters. The second-order valence-corrected chi connectivity index (χ2v) is 6.10. The summed E-state index contributed by atoms with van der Waals surface area (Å²) in [7, 11) is 2.90. The van der Waals surface area contributed by atoms with Gasteiger partial charge in [-0.25, -0.2) is 9.59 Å². The summed E-state index contributed by atoms with van der Waals surface area (Å²) in [6.07, 6.45) is 1.61. The predicted molar refractivity (Wildman–Crippen MR) is 101 cm³/mol. The number of ether oxygens (including phenoxy) is 3. The molecule has 0 aliphatic heterocycles. The number of carbonyl (C=O) groups is 3. The van der Waals surface area contributed by atoms with E-state index in [0.717, 1.165) is 0 Å². The van der Waals surface area contributed by atoms with Gasteiger partial charge in [0.1, 0.15) is 0 Å². The molecule has 8 heteroatoms. The lowest BCUT2D eigenvalue weighted by molar-refractivity contribution is -0.149. The van der Waals surface area contributed by atoms with Crippen molar-refractivity contribution in [2.24, 2.45) is 5.92 Å². The highest BCUT2D eigenvalue weighted by Crippen LogP contribution is 2.29. The topological polar surface area (TPSA) is 103 Å². The van der Waals surface area contributed by atoms with Crippen LogP contribution in [-0.2, 0) is 14.3 Å². The van der Waals surface area contributed by atoms with Crippen LogP contribution in [0.3, 0.4) is 0 Å². The van der Waals surface area contributed by atoms with Crippen molar-refractivity contribution in [2.45, 2.75) is 26.9 Å². The number of benzene rings is 1. The number of imide groups is 1. The van der Waals surface area contributed by atoms with Gasteiger partial charge < -0.3 is 19.5 Å². The zero-order valence-electron chi connectivity index (χ0n) is 16.2. The summed E-state index contributed by atoms with van der Waals surface area (Å²) in [6.45, 7) is 6.03. The second kappa shape index (κ2) is 10.8. The lowest BCUT2D eigenvalue weighted by Crippen LogP contribution is -2.43. The Morgan fingerprint density at radius 1 is 1.15 bits per heavy atom. The molecule has 0 spiro atoms. The maximum atomic E-state index is 11.8. The third-order valence-corrected chi connectivity index (χ3v) is 3.30. The average Bonchev–Trinajstić information content (AvgIpc) is 2.64. The van der Waals surface area contributed by atoms with E-state index < -0.39 is 24.0 Å². The summed E-state index contributed by atoms with van der Waals surface area (Å²) in [5.41, 5.74) is 0.697. The number of amides is 3. The van der Waals surface area contributed by atoms with Crippen LogP contribution in [0.25, 0.3) is 6.08 Å². The van der Waals surface area contributed by atoms with E-state index in [0.29, 0.717) is 29.6 Å². The number of esters is 1. The van der Waals surface area contributed by atoms with Crippen molar-refractivity contribution in [3.05, 3.63) is 29.8 Å². The molecular weight excluding hydrogens is 352 g/mol. The van der Waals surface area contributed by atoms with Crippen molar-refractivity contribution in [3.63, 3.8) is 0 Å². The molecule has 0 saturated heterocycles. The molecule has 0 bridgehead atoms. The molecular formula is C19H26N2O6. The first-order valence-corrected chi connectivity index (χ1v) is 8.49. The molecule has 0 unspecified atom stereocenters. The van der Waals surface area contributed by atoms with Crippen LogP contribution in [0.5, 0.6) is 11.5 Å². The van der Waals surface area contributed by atoms with Crippen LogP contribution >= 0.6 is 0 Å². The first-order valence-electron chi connectivity index (χ1n) is 8.49. The fraction of sp³-hybridized carbons (Fsp3) is 0.421. The van der Waals surface area contributed by atoms with E-state index in [1.54, 1.807) is 18.2 Å². The van der Waals surface area contributed by atoms with Gasteiger partial charge in [0.05, 0.1) is 13.7 Å². The third-order valence-electron chi connectivity index (χ3n) is 3.30. The first kappa shape index (κ1) is 22.0. The lowest BCUT2D eigenvalue weighted by atomic mass is 10.2. The summed E-state index contributed by atoms with van der Waals surface area (Å²) in [6, 6.07) is 4.57. The van der Waals surface area contributed by atoms with Gasteiger partial charge in [-0.2, -0.15) is 0 Å². The zero-order chi connectivity index (χ0) is 20.4. The van der Waals surface area contributed by atoms with E-state index in [2.05, 4.69) is 5.32 Å². The molecule has 0 aromatic heterocycles. The zero-order valence-corrected chi connectivity index (χ0v) is 16.2. The van der Waals surface area contributed by atoms with Crippen molar-refractivity contribution < 1.29 is 28.6 Å². The summed E-state index contributed by atoms with van der Waals surface area (Å²) < 4.78 is 15.9. The van der Waals surface area contributed by atoms with Gasteiger partial charge in [0.2, 0.25) is 0 Å². The Morgan fingerprint density at radius 2 is 1.85 bits per heavy atom. The minimum atomic E-state index is -1.11. The molecule has 1 aromatic carbocycles. The first-order chi connectivity index (χ1) is 12.8. The molecule has 0 heterocycles. The highest BCUT2D eigenvalue weighted by Gasteiger charge is 2.18. The molecule has 2 N–H and O–H groups in total. The highest BCUT2D eigenvalue weighted by molar-refractivity contribution is 5.97. The van der Waals surface area contributed by atoms with Gasteiger partial charge in [-0.1, -0.05) is 19.9 Å². The maximum Gasteiger partial charge on any atom is 0.331 e. The van der Waals surface area contributed by atoms with Gasteiger partial charge in [0.15, 0.2) is 17.6 Å². The second-order valence-electron chi connectivity index (χ2n) is 6.10.